The molecule has 5 nitrogen and oxygen atoms in total. The van der Waals surface area contributed by atoms with Crippen LogP contribution >= 0.6 is 11.3 Å². The van der Waals surface area contributed by atoms with Gasteiger partial charge in [-0.15, -0.1) is 21.5 Å². The maximum atomic E-state index is 5.21. The maximum Gasteiger partial charge on any atom is 0.148 e. The van der Waals surface area contributed by atoms with Gasteiger partial charge in [0.15, 0.2) is 0 Å². The van der Waals surface area contributed by atoms with Crippen LogP contribution in [0.15, 0.2) is 96.4 Å². The number of ether oxygens (including phenoxy) is 1. The Morgan fingerprint density at radius 3 is 2.30 bits per heavy atom. The number of rotatable bonds is 7. The van der Waals surface area contributed by atoms with E-state index < -0.39 is 0 Å². The van der Waals surface area contributed by atoms with E-state index in [0.29, 0.717) is 6.54 Å². The van der Waals surface area contributed by atoms with E-state index in [1.807, 2.05) is 54.6 Å². The second-order valence-corrected chi connectivity index (χ2v) is 8.35. The highest BCUT2D eigenvalue weighted by atomic mass is 32.1. The van der Waals surface area contributed by atoms with E-state index in [9.17, 15) is 0 Å². The Hall–Kier alpha value is -4.03. The minimum Gasteiger partial charge on any atom is -0.497 e. The van der Waals surface area contributed by atoms with Crippen molar-refractivity contribution in [2.45, 2.75) is 6.54 Å². The van der Waals surface area contributed by atoms with Gasteiger partial charge in [-0.05, 0) is 48.0 Å². The summed E-state index contributed by atoms with van der Waals surface area (Å²) in [6.07, 6.45) is 0. The van der Waals surface area contributed by atoms with Gasteiger partial charge in [-0.25, -0.2) is 4.98 Å². The first kappa shape index (κ1) is 20.8. The number of nitrogens with one attached hydrogen (secondary N) is 1. The Labute approximate surface area is 196 Å². The van der Waals surface area contributed by atoms with Crippen LogP contribution in [0.2, 0.25) is 0 Å². The lowest BCUT2D eigenvalue weighted by molar-refractivity contribution is 0.415. The molecule has 0 aliphatic rings. The van der Waals surface area contributed by atoms with E-state index in [1.54, 1.807) is 18.4 Å². The molecule has 6 heteroatoms. The number of anilines is 1. The first-order valence-corrected chi connectivity index (χ1v) is 11.5. The smallest absolute Gasteiger partial charge is 0.148 e. The molecule has 0 unspecified atom stereocenters. The molecule has 1 N–H and O–H groups in total. The Morgan fingerprint density at radius 1 is 0.758 bits per heavy atom. The number of aromatic nitrogens is 3. The predicted octanol–water partition coefficient (Wildman–Crippen LogP) is 6.55. The third-order valence-electron chi connectivity index (χ3n) is 5.27. The Balaban J connectivity index is 1.25. The van der Waals surface area contributed by atoms with Crippen molar-refractivity contribution in [3.63, 3.8) is 0 Å². The molecule has 0 spiro atoms. The van der Waals surface area contributed by atoms with Crippen molar-refractivity contribution in [3.05, 3.63) is 102 Å². The number of hydrogen-bond donors (Lipinski definition) is 1. The van der Waals surface area contributed by atoms with Crippen molar-refractivity contribution >= 4 is 17.2 Å². The fourth-order valence-corrected chi connectivity index (χ4v) is 4.32. The zero-order chi connectivity index (χ0) is 22.5. The summed E-state index contributed by atoms with van der Waals surface area (Å²) < 4.78 is 5.21. The monoisotopic (exact) mass is 450 g/mol. The third-order valence-corrected chi connectivity index (χ3v) is 6.16. The van der Waals surface area contributed by atoms with Gasteiger partial charge in [0.05, 0.1) is 18.5 Å². The molecule has 0 amide bonds. The SMILES string of the molecule is COc1ccc(-c2ccc(NCc3cccc(-c4nc(-c5ccccc5)cs4)c3)nn2)cc1. The number of benzene rings is 3. The minimum atomic E-state index is 0.654. The summed E-state index contributed by atoms with van der Waals surface area (Å²) in [6, 6.07) is 30.4. The van der Waals surface area contributed by atoms with Gasteiger partial charge >= 0.3 is 0 Å². The van der Waals surface area contributed by atoms with Gasteiger partial charge in [-0.3, -0.25) is 0 Å². The number of nitrogens with zero attached hydrogens (tertiary/aromatic N) is 3. The van der Waals surface area contributed by atoms with E-state index in [1.165, 1.54) is 0 Å². The lowest BCUT2D eigenvalue weighted by Gasteiger charge is -2.07. The van der Waals surface area contributed by atoms with Crippen LogP contribution < -0.4 is 10.1 Å². The van der Waals surface area contributed by atoms with Gasteiger partial charge < -0.3 is 10.1 Å². The molecule has 0 radical (unpaired) electrons. The Morgan fingerprint density at radius 2 is 1.55 bits per heavy atom. The zero-order valence-electron chi connectivity index (χ0n) is 18.1. The summed E-state index contributed by atoms with van der Waals surface area (Å²) in [5.74, 6) is 1.56. The number of methoxy groups -OCH3 is 1. The molecule has 2 aromatic heterocycles. The van der Waals surface area contributed by atoms with Crippen molar-refractivity contribution in [3.8, 4) is 38.8 Å². The maximum absolute atomic E-state index is 5.21. The van der Waals surface area contributed by atoms with Crippen LogP contribution in [0.5, 0.6) is 5.75 Å². The lowest BCUT2D eigenvalue weighted by Crippen LogP contribution is -2.02. The van der Waals surface area contributed by atoms with Crippen LogP contribution in [0.3, 0.4) is 0 Å². The topological polar surface area (TPSA) is 59.9 Å². The lowest BCUT2D eigenvalue weighted by atomic mass is 10.1. The molecular weight excluding hydrogens is 428 g/mol. The second-order valence-electron chi connectivity index (χ2n) is 7.49. The van der Waals surface area contributed by atoms with E-state index in [0.717, 1.165) is 50.2 Å². The highest BCUT2D eigenvalue weighted by Crippen LogP contribution is 2.29. The normalized spacial score (nSPS) is 10.7. The van der Waals surface area contributed by atoms with Gasteiger partial charge in [0.1, 0.15) is 16.6 Å². The van der Waals surface area contributed by atoms with E-state index in [2.05, 4.69) is 57.3 Å². The predicted molar refractivity (Wildman–Crippen MR) is 134 cm³/mol. The van der Waals surface area contributed by atoms with Crippen LogP contribution in [-0.2, 0) is 6.54 Å². The van der Waals surface area contributed by atoms with Crippen LogP contribution in [0.1, 0.15) is 5.56 Å². The first-order chi connectivity index (χ1) is 16.3. The number of thiazole rings is 1. The molecule has 162 valence electrons. The average molecular weight is 451 g/mol. The molecule has 5 rings (SSSR count). The van der Waals surface area contributed by atoms with Crippen molar-refractivity contribution in [1.29, 1.82) is 0 Å². The quantitative estimate of drug-likeness (QED) is 0.304. The van der Waals surface area contributed by atoms with Gasteiger partial charge in [0, 0.05) is 28.6 Å². The molecule has 0 fully saturated rings. The molecule has 0 aliphatic carbocycles. The second kappa shape index (κ2) is 9.63. The molecule has 3 aromatic carbocycles. The average Bonchev–Trinajstić information content (AvgIpc) is 3.39. The summed E-state index contributed by atoms with van der Waals surface area (Å²) in [5, 5.41) is 15.2. The molecule has 2 heterocycles. The number of hydrogen-bond acceptors (Lipinski definition) is 6. The van der Waals surface area contributed by atoms with Gasteiger partial charge in [-0.2, -0.15) is 0 Å². The van der Waals surface area contributed by atoms with Crippen molar-refractivity contribution in [2.75, 3.05) is 12.4 Å². The molecule has 0 saturated carbocycles. The van der Waals surface area contributed by atoms with Crippen LogP contribution in [0.4, 0.5) is 5.82 Å². The molecule has 33 heavy (non-hydrogen) atoms. The highest BCUT2D eigenvalue weighted by molar-refractivity contribution is 7.13. The zero-order valence-corrected chi connectivity index (χ0v) is 18.9. The van der Waals surface area contributed by atoms with Gasteiger partial charge in [-0.1, -0.05) is 48.5 Å². The minimum absolute atomic E-state index is 0.654. The molecular formula is C27H22N4OS. The summed E-state index contributed by atoms with van der Waals surface area (Å²) in [7, 11) is 1.66. The summed E-state index contributed by atoms with van der Waals surface area (Å²) in [6.45, 7) is 0.654. The third kappa shape index (κ3) is 4.91. The standard InChI is InChI=1S/C27H22N4OS/c1-32-23-12-10-21(11-13-23)24-14-15-26(31-30-24)28-17-19-6-5-9-22(16-19)27-29-25(18-33-27)20-7-3-2-4-8-20/h2-16,18H,17H2,1H3,(H,28,31). The first-order valence-electron chi connectivity index (χ1n) is 10.6. The van der Waals surface area contributed by atoms with E-state index >= 15 is 0 Å². The molecule has 0 aliphatic heterocycles. The van der Waals surface area contributed by atoms with Gasteiger partial charge in [0.25, 0.3) is 0 Å². The van der Waals surface area contributed by atoms with E-state index in [4.69, 9.17) is 9.72 Å². The van der Waals surface area contributed by atoms with E-state index in [-0.39, 0.29) is 0 Å². The van der Waals surface area contributed by atoms with Crippen molar-refractivity contribution < 1.29 is 4.74 Å². The highest BCUT2D eigenvalue weighted by Gasteiger charge is 2.08. The summed E-state index contributed by atoms with van der Waals surface area (Å²) in [5.41, 5.74) is 6.23. The molecule has 0 bridgehead atoms. The van der Waals surface area contributed by atoms with Crippen LogP contribution in [-0.4, -0.2) is 22.3 Å². The van der Waals surface area contributed by atoms with Gasteiger partial charge in [0.2, 0.25) is 0 Å². The fraction of sp³-hybridized carbons (Fsp3) is 0.0741. The van der Waals surface area contributed by atoms with Crippen molar-refractivity contribution in [2.24, 2.45) is 0 Å². The van der Waals surface area contributed by atoms with Crippen LogP contribution in [0.25, 0.3) is 33.1 Å². The molecule has 0 saturated heterocycles. The van der Waals surface area contributed by atoms with Crippen molar-refractivity contribution in [1.82, 2.24) is 15.2 Å². The Kier molecular flexibility index (Phi) is 6.08. The summed E-state index contributed by atoms with van der Waals surface area (Å²) >= 11 is 1.66. The fourth-order valence-electron chi connectivity index (χ4n) is 3.50. The Bertz CT molecular complexity index is 1330. The molecule has 5 aromatic rings. The molecule has 0 atom stereocenters. The van der Waals surface area contributed by atoms with Crippen LogP contribution in [0, 0.1) is 0 Å². The summed E-state index contributed by atoms with van der Waals surface area (Å²) in [4.78, 5) is 4.83. The largest absolute Gasteiger partial charge is 0.497 e.